The molecule has 5 aromatic rings. The number of H-pyrrole nitrogens is 1. The third-order valence-electron chi connectivity index (χ3n) is 7.79. The van der Waals surface area contributed by atoms with E-state index in [1.165, 1.54) is 12.1 Å². The second-order valence-corrected chi connectivity index (χ2v) is 10.7. The van der Waals surface area contributed by atoms with Crippen LogP contribution in [0.5, 0.6) is 5.75 Å². The second-order valence-electron chi connectivity index (χ2n) is 10.7. The van der Waals surface area contributed by atoms with Crippen LogP contribution in [0, 0.1) is 5.82 Å². The van der Waals surface area contributed by atoms with E-state index in [1.807, 2.05) is 22.8 Å². The number of rotatable bonds is 9. The smallest absolute Gasteiger partial charge is 0.259 e. The molecule has 0 spiro atoms. The van der Waals surface area contributed by atoms with E-state index < -0.39 is 0 Å². The normalized spacial score (nSPS) is 14.7. The molecule has 6 rings (SSSR count). The van der Waals surface area contributed by atoms with Crippen molar-refractivity contribution < 1.29 is 9.13 Å². The van der Waals surface area contributed by atoms with Crippen LogP contribution in [0.25, 0.3) is 33.3 Å². The fourth-order valence-electron chi connectivity index (χ4n) is 5.45. The summed E-state index contributed by atoms with van der Waals surface area (Å²) in [5.74, 6) is 0.919. The first-order valence-electron chi connectivity index (χ1n) is 14.3. The molecule has 2 aromatic heterocycles. The van der Waals surface area contributed by atoms with Gasteiger partial charge in [-0.25, -0.2) is 14.4 Å². The molecule has 3 heterocycles. The summed E-state index contributed by atoms with van der Waals surface area (Å²) >= 11 is 0. The van der Waals surface area contributed by atoms with Crippen molar-refractivity contribution in [1.29, 1.82) is 0 Å². The topological polar surface area (TPSA) is 79.3 Å². The predicted octanol–water partition coefficient (Wildman–Crippen LogP) is 5.05. The number of benzene rings is 3. The Morgan fingerprint density at radius 1 is 0.902 bits per heavy atom. The highest BCUT2D eigenvalue weighted by Gasteiger charge is 2.18. The zero-order valence-electron chi connectivity index (χ0n) is 23.6. The summed E-state index contributed by atoms with van der Waals surface area (Å²) in [5.41, 5.74) is 4.80. The van der Waals surface area contributed by atoms with Crippen molar-refractivity contribution in [2.24, 2.45) is 0 Å². The Hall–Kier alpha value is -4.08. The van der Waals surface area contributed by atoms with E-state index in [9.17, 15) is 9.18 Å². The summed E-state index contributed by atoms with van der Waals surface area (Å²) < 4.78 is 21.4. The predicted molar refractivity (Wildman–Crippen MR) is 160 cm³/mol. The molecule has 8 nitrogen and oxygen atoms in total. The maximum Gasteiger partial charge on any atom is 0.259 e. The van der Waals surface area contributed by atoms with Gasteiger partial charge in [0.15, 0.2) is 0 Å². The number of aromatic nitrogens is 4. The number of hydrogen-bond acceptors (Lipinski definition) is 6. The molecule has 0 aliphatic carbocycles. The summed E-state index contributed by atoms with van der Waals surface area (Å²) in [6, 6.07) is 16.3. The molecule has 212 valence electrons. The zero-order chi connectivity index (χ0) is 28.3. The Labute approximate surface area is 238 Å². The number of ether oxygens (including phenoxy) is 1. The average molecular weight is 555 g/mol. The maximum atomic E-state index is 13.4. The molecule has 0 radical (unpaired) electrons. The van der Waals surface area contributed by atoms with Crippen LogP contribution in [-0.4, -0.2) is 68.6 Å². The SMILES string of the molecule is CCCOc1ccc(CN2CCN(CC)CC2)cc1-c1nc2cc3ncn(Cc4ccc(F)cc4)c3cc2c(=O)[nH]1. The van der Waals surface area contributed by atoms with Crippen LogP contribution in [0.4, 0.5) is 4.39 Å². The minimum absolute atomic E-state index is 0.219. The van der Waals surface area contributed by atoms with E-state index in [2.05, 4.69) is 45.7 Å². The molecule has 1 fully saturated rings. The molecular weight excluding hydrogens is 519 g/mol. The van der Waals surface area contributed by atoms with E-state index in [-0.39, 0.29) is 11.4 Å². The van der Waals surface area contributed by atoms with Crippen LogP contribution < -0.4 is 10.3 Å². The minimum Gasteiger partial charge on any atom is -0.493 e. The number of fused-ring (bicyclic) bond motifs is 2. The highest BCUT2D eigenvalue weighted by molar-refractivity contribution is 5.93. The quantitative estimate of drug-likeness (QED) is 0.275. The van der Waals surface area contributed by atoms with Crippen LogP contribution >= 0.6 is 0 Å². The maximum absolute atomic E-state index is 13.4. The fourth-order valence-corrected chi connectivity index (χ4v) is 5.45. The largest absolute Gasteiger partial charge is 0.493 e. The van der Waals surface area contributed by atoms with Crippen LogP contribution in [0.15, 0.2) is 65.7 Å². The highest BCUT2D eigenvalue weighted by Crippen LogP contribution is 2.31. The van der Waals surface area contributed by atoms with Gasteiger partial charge < -0.3 is 19.2 Å². The highest BCUT2D eigenvalue weighted by atomic mass is 19.1. The lowest BCUT2D eigenvalue weighted by Crippen LogP contribution is -2.45. The van der Waals surface area contributed by atoms with Gasteiger partial charge in [0.05, 0.1) is 40.4 Å². The van der Waals surface area contributed by atoms with Gasteiger partial charge in [0.1, 0.15) is 17.4 Å². The van der Waals surface area contributed by atoms with Crippen LogP contribution in [0.3, 0.4) is 0 Å². The van der Waals surface area contributed by atoms with Gasteiger partial charge in [0.2, 0.25) is 0 Å². The molecule has 1 saturated heterocycles. The third-order valence-corrected chi connectivity index (χ3v) is 7.79. The van der Waals surface area contributed by atoms with Gasteiger partial charge in [-0.15, -0.1) is 0 Å². The standard InChI is InChI=1S/C32H35FN6O2/c1-3-15-41-30-10-7-23(19-38-13-11-37(4-2)12-14-38)16-26(30)31-35-27-18-28-29(17-25(27)32(40)36-31)39(21-34-28)20-22-5-8-24(33)9-6-22/h5-10,16-18,21H,3-4,11-15,19-20H2,1-2H3,(H,35,36,40). The molecule has 0 amide bonds. The molecule has 0 bridgehead atoms. The Balaban J connectivity index is 1.34. The van der Waals surface area contributed by atoms with Gasteiger partial charge >= 0.3 is 0 Å². The molecule has 0 saturated carbocycles. The minimum atomic E-state index is -0.271. The number of piperazine rings is 1. The van der Waals surface area contributed by atoms with Gasteiger partial charge in [-0.1, -0.05) is 32.0 Å². The van der Waals surface area contributed by atoms with E-state index in [1.54, 1.807) is 18.5 Å². The van der Waals surface area contributed by atoms with Gasteiger partial charge in [-0.3, -0.25) is 9.69 Å². The lowest BCUT2D eigenvalue weighted by molar-refractivity contribution is 0.132. The van der Waals surface area contributed by atoms with Gasteiger partial charge in [0, 0.05) is 39.3 Å². The van der Waals surface area contributed by atoms with Gasteiger partial charge in [-0.2, -0.15) is 0 Å². The van der Waals surface area contributed by atoms with Crippen molar-refractivity contribution in [2.75, 3.05) is 39.3 Å². The summed E-state index contributed by atoms with van der Waals surface area (Å²) in [6.45, 7) is 11.5. The van der Waals surface area contributed by atoms with E-state index in [0.29, 0.717) is 35.6 Å². The number of imidazole rings is 1. The van der Waals surface area contributed by atoms with Crippen LogP contribution in [0.1, 0.15) is 31.4 Å². The molecular formula is C32H35FN6O2. The molecule has 3 aromatic carbocycles. The second kappa shape index (κ2) is 11.8. The van der Waals surface area contributed by atoms with E-state index >= 15 is 0 Å². The number of aromatic amines is 1. The number of halogens is 1. The van der Waals surface area contributed by atoms with E-state index in [4.69, 9.17) is 9.72 Å². The number of nitrogens with one attached hydrogen (secondary N) is 1. The third kappa shape index (κ3) is 5.87. The average Bonchev–Trinajstić information content (AvgIpc) is 3.38. The first-order valence-corrected chi connectivity index (χ1v) is 14.3. The monoisotopic (exact) mass is 554 g/mol. The van der Waals surface area contributed by atoms with Gasteiger partial charge in [0.25, 0.3) is 5.56 Å². The number of hydrogen-bond donors (Lipinski definition) is 1. The Bertz CT molecular complexity index is 1720. The summed E-state index contributed by atoms with van der Waals surface area (Å²) in [6.07, 6.45) is 2.62. The summed E-state index contributed by atoms with van der Waals surface area (Å²) in [4.78, 5) is 30.8. The molecule has 1 aliphatic rings. The first-order chi connectivity index (χ1) is 20.0. The Morgan fingerprint density at radius 3 is 2.41 bits per heavy atom. The first kappa shape index (κ1) is 27.1. The molecule has 0 atom stereocenters. The Kier molecular flexibility index (Phi) is 7.80. The lowest BCUT2D eigenvalue weighted by atomic mass is 10.1. The van der Waals surface area contributed by atoms with Crippen molar-refractivity contribution in [3.63, 3.8) is 0 Å². The van der Waals surface area contributed by atoms with Crippen molar-refractivity contribution in [2.45, 2.75) is 33.4 Å². The van der Waals surface area contributed by atoms with E-state index in [0.717, 1.165) is 73.4 Å². The van der Waals surface area contributed by atoms with Crippen LogP contribution in [-0.2, 0) is 13.1 Å². The Morgan fingerprint density at radius 2 is 1.66 bits per heavy atom. The van der Waals surface area contributed by atoms with Crippen molar-refractivity contribution in [3.05, 3.63) is 88.2 Å². The summed E-state index contributed by atoms with van der Waals surface area (Å²) in [5, 5.41) is 0.489. The van der Waals surface area contributed by atoms with Crippen molar-refractivity contribution in [1.82, 2.24) is 29.3 Å². The van der Waals surface area contributed by atoms with Crippen LogP contribution in [0.2, 0.25) is 0 Å². The molecule has 9 heteroatoms. The number of likely N-dealkylation sites (N-methyl/N-ethyl adjacent to an activating group) is 1. The van der Waals surface area contributed by atoms with Crippen molar-refractivity contribution >= 4 is 21.9 Å². The number of nitrogens with zero attached hydrogens (tertiary/aromatic N) is 5. The molecule has 0 unspecified atom stereocenters. The molecule has 1 aliphatic heterocycles. The fraction of sp³-hybridized carbons (Fsp3) is 0.344. The molecule has 1 N–H and O–H groups in total. The summed E-state index contributed by atoms with van der Waals surface area (Å²) in [7, 11) is 0. The van der Waals surface area contributed by atoms with Crippen molar-refractivity contribution in [3.8, 4) is 17.1 Å². The lowest BCUT2D eigenvalue weighted by Gasteiger charge is -2.34. The zero-order valence-corrected chi connectivity index (χ0v) is 23.6. The molecule has 41 heavy (non-hydrogen) atoms. The van der Waals surface area contributed by atoms with Gasteiger partial charge in [-0.05, 0) is 60.5 Å².